The van der Waals surface area contributed by atoms with Crippen LogP contribution in [0.4, 0.5) is 0 Å². The molecule has 0 spiro atoms. The highest BCUT2D eigenvalue weighted by atomic mass is 16.5. The van der Waals surface area contributed by atoms with Gasteiger partial charge in [-0.05, 0) is 13.8 Å². The summed E-state index contributed by atoms with van der Waals surface area (Å²) < 4.78 is 5.86. The number of ether oxygens (including phenoxy) is 1. The van der Waals surface area contributed by atoms with E-state index in [0.717, 1.165) is 17.6 Å². The third-order valence-corrected chi connectivity index (χ3v) is 2.10. The van der Waals surface area contributed by atoms with Crippen molar-refractivity contribution in [1.82, 2.24) is 0 Å². The van der Waals surface area contributed by atoms with Gasteiger partial charge in [-0.2, -0.15) is 0 Å². The molecule has 0 N–H and O–H groups in total. The summed E-state index contributed by atoms with van der Waals surface area (Å²) in [7, 11) is 4.23. The van der Waals surface area contributed by atoms with Gasteiger partial charge in [-0.3, -0.25) is 0 Å². The van der Waals surface area contributed by atoms with Crippen molar-refractivity contribution in [2.45, 2.75) is 13.8 Å². The predicted octanol–water partition coefficient (Wildman–Crippen LogP) is 1.20. The first kappa shape index (κ1) is 12.2. The van der Waals surface area contributed by atoms with Gasteiger partial charge < -0.3 is 9.22 Å². The van der Waals surface area contributed by atoms with Gasteiger partial charge in [0.25, 0.3) is 0 Å². The molecule has 0 aliphatic heterocycles. The van der Waals surface area contributed by atoms with E-state index in [1.165, 1.54) is 6.08 Å². The fourth-order valence-electron chi connectivity index (χ4n) is 0.736. The molecule has 0 bridgehead atoms. The molecule has 3 heteroatoms. The van der Waals surface area contributed by atoms with E-state index in [1.54, 1.807) is 13.0 Å². The first-order valence-electron chi connectivity index (χ1n) is 4.63. The molecule has 0 aromatic heterocycles. The maximum absolute atomic E-state index is 10.9. The molecule has 0 aromatic carbocycles. The van der Waals surface area contributed by atoms with Crippen molar-refractivity contribution < 1.29 is 14.0 Å². The van der Waals surface area contributed by atoms with E-state index in [9.17, 15) is 4.79 Å². The number of hydrogen-bond donors (Lipinski definition) is 0. The van der Waals surface area contributed by atoms with Crippen LogP contribution in [-0.2, 0) is 9.53 Å². The van der Waals surface area contributed by atoms with Crippen molar-refractivity contribution in [1.29, 1.82) is 0 Å². The topological polar surface area (TPSA) is 26.3 Å². The summed E-state index contributed by atoms with van der Waals surface area (Å²) in [6, 6.07) is 0. The summed E-state index contributed by atoms with van der Waals surface area (Å²) in [5.74, 6) is -0.251. The second kappa shape index (κ2) is 5.75. The summed E-state index contributed by atoms with van der Waals surface area (Å²) in [5, 5.41) is 0. The molecule has 76 valence electrons. The average Bonchev–Trinajstić information content (AvgIpc) is 2.05. The van der Waals surface area contributed by atoms with Crippen LogP contribution in [-0.4, -0.2) is 44.2 Å². The van der Waals surface area contributed by atoms with Gasteiger partial charge in [-0.15, -0.1) is 0 Å². The fourth-order valence-corrected chi connectivity index (χ4v) is 0.736. The quantitative estimate of drug-likeness (QED) is 0.366. The Balaban J connectivity index is 3.62. The summed E-state index contributed by atoms with van der Waals surface area (Å²) in [5.41, 5.74) is 0. The molecule has 0 aliphatic rings. The predicted molar refractivity (Wildman–Crippen MR) is 53.3 cm³/mol. The Morgan fingerprint density at radius 1 is 1.46 bits per heavy atom. The highest BCUT2D eigenvalue weighted by molar-refractivity contribution is 5.81. The van der Waals surface area contributed by atoms with Crippen LogP contribution >= 0.6 is 0 Å². The Morgan fingerprint density at radius 2 is 2.08 bits per heavy atom. The van der Waals surface area contributed by atoms with Crippen LogP contribution in [0.1, 0.15) is 13.8 Å². The number of rotatable bonds is 5. The Morgan fingerprint density at radius 3 is 2.54 bits per heavy atom. The molecule has 3 nitrogen and oxygen atoms in total. The Bertz CT molecular complexity index is 185. The zero-order valence-electron chi connectivity index (χ0n) is 9.04. The summed E-state index contributed by atoms with van der Waals surface area (Å²) >= 11 is 0. The maximum Gasteiger partial charge on any atom is 0.330 e. The lowest BCUT2D eigenvalue weighted by Gasteiger charge is -2.27. The van der Waals surface area contributed by atoms with Crippen molar-refractivity contribution in [3.05, 3.63) is 12.2 Å². The second-order valence-corrected chi connectivity index (χ2v) is 3.64. The minimum atomic E-state index is -0.251. The minimum Gasteiger partial charge on any atom is -0.457 e. The number of hydrogen-bond acceptors (Lipinski definition) is 2. The van der Waals surface area contributed by atoms with E-state index in [2.05, 4.69) is 21.0 Å². The maximum atomic E-state index is 10.9. The molecule has 0 unspecified atom stereocenters. The van der Waals surface area contributed by atoms with Crippen molar-refractivity contribution >= 4 is 5.97 Å². The van der Waals surface area contributed by atoms with E-state index in [-0.39, 0.29) is 5.97 Å². The number of allylic oxidation sites excluding steroid dienone is 1. The van der Waals surface area contributed by atoms with Crippen LogP contribution in [0.25, 0.3) is 0 Å². The van der Waals surface area contributed by atoms with Gasteiger partial charge in [0.1, 0.15) is 13.2 Å². The highest BCUT2D eigenvalue weighted by Crippen LogP contribution is 1.95. The second-order valence-electron chi connectivity index (χ2n) is 3.64. The van der Waals surface area contributed by atoms with E-state index in [1.807, 2.05) is 0 Å². The number of quaternary nitrogens is 1. The third kappa shape index (κ3) is 6.34. The highest BCUT2D eigenvalue weighted by Gasteiger charge is 2.11. The lowest BCUT2D eigenvalue weighted by atomic mass is 10.4. The lowest BCUT2D eigenvalue weighted by Crippen LogP contribution is -2.42. The number of nitrogens with zero attached hydrogens (tertiary/aromatic N) is 1. The number of likely N-dealkylation sites (N-methyl/N-ethyl adjacent to an activating group) is 1. The molecule has 0 saturated heterocycles. The standard InChI is InChI=1S/C10H20NO2/c1-5-7-10(12)13-9-8-11(3,4)6-2/h5,7H,6,8-9H2,1-4H3/q+1. The number of carbonyl (C=O) groups is 1. The molecule has 0 aliphatic carbocycles. The summed E-state index contributed by atoms with van der Waals surface area (Å²) in [6.45, 7) is 6.31. The number of carbonyl (C=O) groups excluding carboxylic acids is 1. The molecule has 0 fully saturated rings. The van der Waals surface area contributed by atoms with Gasteiger partial charge in [0.2, 0.25) is 0 Å². The van der Waals surface area contributed by atoms with Crippen LogP contribution in [0, 0.1) is 0 Å². The average molecular weight is 186 g/mol. The fraction of sp³-hybridized carbons (Fsp3) is 0.700. The SMILES string of the molecule is CC=CC(=O)OCC[N+](C)(C)CC. The molecule has 0 saturated carbocycles. The Hall–Kier alpha value is -0.830. The summed E-state index contributed by atoms with van der Waals surface area (Å²) in [6.07, 6.45) is 3.12. The zero-order chi connectivity index (χ0) is 10.3. The van der Waals surface area contributed by atoms with E-state index < -0.39 is 0 Å². The van der Waals surface area contributed by atoms with Gasteiger partial charge in [0.05, 0.1) is 20.6 Å². The molecule has 0 atom stereocenters. The molecule has 13 heavy (non-hydrogen) atoms. The normalized spacial score (nSPS) is 12.0. The van der Waals surface area contributed by atoms with Crippen molar-refractivity contribution in [3.63, 3.8) is 0 Å². The summed E-state index contributed by atoms with van der Waals surface area (Å²) in [4.78, 5) is 10.9. The van der Waals surface area contributed by atoms with E-state index in [4.69, 9.17) is 4.74 Å². The van der Waals surface area contributed by atoms with Gasteiger partial charge in [0, 0.05) is 6.08 Å². The van der Waals surface area contributed by atoms with Gasteiger partial charge >= 0.3 is 5.97 Å². The third-order valence-electron chi connectivity index (χ3n) is 2.10. The number of esters is 1. The molecule has 0 amide bonds. The molecule has 0 radical (unpaired) electrons. The van der Waals surface area contributed by atoms with Crippen LogP contribution < -0.4 is 0 Å². The molecule has 0 aromatic rings. The van der Waals surface area contributed by atoms with Crippen LogP contribution in [0.3, 0.4) is 0 Å². The zero-order valence-corrected chi connectivity index (χ0v) is 9.04. The minimum absolute atomic E-state index is 0.251. The van der Waals surface area contributed by atoms with E-state index >= 15 is 0 Å². The van der Waals surface area contributed by atoms with Crippen molar-refractivity contribution in [3.8, 4) is 0 Å². The molecular formula is C10H20NO2+. The largest absolute Gasteiger partial charge is 0.457 e. The van der Waals surface area contributed by atoms with Crippen LogP contribution in [0.15, 0.2) is 12.2 Å². The molecular weight excluding hydrogens is 166 g/mol. The first-order chi connectivity index (χ1) is 6.02. The molecule has 0 heterocycles. The Labute approximate surface area is 80.6 Å². The lowest BCUT2D eigenvalue weighted by molar-refractivity contribution is -0.888. The van der Waals surface area contributed by atoms with E-state index in [0.29, 0.717) is 6.61 Å². The monoisotopic (exact) mass is 186 g/mol. The van der Waals surface area contributed by atoms with Crippen molar-refractivity contribution in [2.24, 2.45) is 0 Å². The molecule has 0 rings (SSSR count). The first-order valence-corrected chi connectivity index (χ1v) is 4.63. The van der Waals surface area contributed by atoms with Gasteiger partial charge in [-0.25, -0.2) is 4.79 Å². The van der Waals surface area contributed by atoms with Crippen LogP contribution in [0.2, 0.25) is 0 Å². The van der Waals surface area contributed by atoms with Crippen LogP contribution in [0.5, 0.6) is 0 Å². The Kier molecular flexibility index (Phi) is 5.39. The smallest absolute Gasteiger partial charge is 0.330 e. The van der Waals surface area contributed by atoms with Gasteiger partial charge in [0.15, 0.2) is 0 Å². The van der Waals surface area contributed by atoms with Crippen molar-refractivity contribution in [2.75, 3.05) is 33.8 Å². The van der Waals surface area contributed by atoms with Gasteiger partial charge in [-0.1, -0.05) is 6.08 Å².